The molecule has 0 amide bonds. The molecule has 86 heavy (non-hydrogen) atoms. The van der Waals surface area contributed by atoms with E-state index < -0.39 is 191 Å². The predicted molar refractivity (Wildman–Crippen MR) is 291 cm³/mol. The van der Waals surface area contributed by atoms with Gasteiger partial charge in [-0.25, -0.2) is 8.37 Å². The molecule has 3 saturated carbocycles. The van der Waals surface area contributed by atoms with Gasteiger partial charge in [0, 0.05) is 19.4 Å². The van der Waals surface area contributed by atoms with Crippen molar-refractivity contribution in [3.05, 3.63) is 23.8 Å². The van der Waals surface area contributed by atoms with E-state index in [9.17, 15) is 71.3 Å². The highest BCUT2D eigenvalue weighted by molar-refractivity contribution is 7.81. The van der Waals surface area contributed by atoms with Gasteiger partial charge in [-0.1, -0.05) is 44.9 Å². The van der Waals surface area contributed by atoms with Crippen LogP contribution in [0.15, 0.2) is 23.8 Å². The number of methoxy groups -OCH3 is 1. The van der Waals surface area contributed by atoms with Gasteiger partial charge < -0.3 is 87.9 Å². The van der Waals surface area contributed by atoms with E-state index in [1.807, 2.05) is 13.8 Å². The molecule has 0 aromatic carbocycles. The quantitative estimate of drug-likeness (QED) is 0.0491. The largest absolute Gasteiger partial charge is 0.462 e. The first-order valence-electron chi connectivity index (χ1n) is 29.4. The Bertz CT molecular complexity index is 2750. The molecule has 28 unspecified atom stereocenters. The first-order chi connectivity index (χ1) is 39.9. The number of carbonyl (C=O) groups excluding carboxylic acids is 2. The van der Waals surface area contributed by atoms with Crippen LogP contribution < -0.4 is 0 Å². The average molecular weight is 1270 g/mol. The van der Waals surface area contributed by atoms with Crippen LogP contribution in [0.3, 0.4) is 0 Å². The lowest BCUT2D eigenvalue weighted by Crippen LogP contribution is -2.67. The van der Waals surface area contributed by atoms with Crippen LogP contribution >= 0.6 is 0 Å². The molecule has 0 bridgehead atoms. The first kappa shape index (κ1) is 67.9. The maximum absolute atomic E-state index is 14.7. The molecule has 30 heteroatoms. The van der Waals surface area contributed by atoms with Crippen LogP contribution in [0, 0.1) is 39.4 Å². The number of rotatable bonds is 19. The zero-order valence-corrected chi connectivity index (χ0v) is 51.7. The van der Waals surface area contributed by atoms with Gasteiger partial charge in [0.05, 0.1) is 42.9 Å². The van der Waals surface area contributed by atoms with E-state index >= 15 is 0 Å². The van der Waals surface area contributed by atoms with Crippen molar-refractivity contribution in [3.8, 4) is 0 Å². The molecule has 4 aliphatic carbocycles. The minimum absolute atomic E-state index is 0.00852. The molecule has 1 spiro atoms. The normalized spacial score (nSPS) is 48.5. The third-order valence-corrected chi connectivity index (χ3v) is 21.7. The summed E-state index contributed by atoms with van der Waals surface area (Å²) < 4.78 is 142. The molecule has 0 aromatic heterocycles. The molecule has 5 saturated heterocycles. The van der Waals surface area contributed by atoms with Gasteiger partial charge in [-0.3, -0.25) is 18.7 Å². The lowest BCUT2D eigenvalue weighted by Gasteiger charge is -2.64. The zero-order chi connectivity index (χ0) is 63.3. The van der Waals surface area contributed by atoms with E-state index in [4.69, 9.17) is 56.3 Å². The van der Waals surface area contributed by atoms with Crippen LogP contribution in [-0.2, 0) is 90.9 Å². The van der Waals surface area contributed by atoms with Gasteiger partial charge in [-0.2, -0.15) is 16.8 Å². The maximum Gasteiger partial charge on any atom is 0.397 e. The van der Waals surface area contributed by atoms with Crippen molar-refractivity contribution in [3.63, 3.8) is 0 Å². The first-order valence-corrected chi connectivity index (χ1v) is 32.2. The second kappa shape index (κ2) is 24.9. The molecule has 8 fully saturated rings. The van der Waals surface area contributed by atoms with E-state index in [2.05, 4.69) is 44.5 Å². The summed E-state index contributed by atoms with van der Waals surface area (Å²) in [6, 6.07) is 0. The van der Waals surface area contributed by atoms with E-state index in [1.165, 1.54) is 27.9 Å². The minimum Gasteiger partial charge on any atom is -0.462 e. The van der Waals surface area contributed by atoms with Gasteiger partial charge in [0.15, 0.2) is 25.2 Å². The molecule has 28 nitrogen and oxygen atoms in total. The van der Waals surface area contributed by atoms with Crippen molar-refractivity contribution in [2.75, 3.05) is 20.3 Å². The smallest absolute Gasteiger partial charge is 0.397 e. The Kier molecular flexibility index (Phi) is 19.6. The van der Waals surface area contributed by atoms with Crippen LogP contribution in [0.2, 0.25) is 0 Å². The second-order valence-electron chi connectivity index (χ2n) is 26.6. The maximum atomic E-state index is 14.7. The van der Waals surface area contributed by atoms with E-state index in [0.29, 0.717) is 44.9 Å². The Morgan fingerprint density at radius 1 is 0.721 bits per heavy atom. The molecule has 9 N–H and O–H groups in total. The fourth-order valence-electron chi connectivity index (χ4n) is 16.7. The molecule has 0 radical (unpaired) electrons. The highest BCUT2D eigenvalue weighted by Gasteiger charge is 2.79. The molecule has 5 aliphatic heterocycles. The molecule has 28 atom stereocenters. The number of hydrogen-bond donors (Lipinski definition) is 9. The molecule has 5 heterocycles. The average Bonchev–Trinajstić information content (AvgIpc) is 1.46. The molecule has 9 aliphatic rings. The highest BCUT2D eigenvalue weighted by Crippen LogP contribution is 2.77. The van der Waals surface area contributed by atoms with Gasteiger partial charge in [-0.05, 0) is 108 Å². The number of ether oxygens (including phenoxy) is 11. The zero-order valence-electron chi connectivity index (χ0n) is 50.0. The molecular formula is C56H88O28S2. The van der Waals surface area contributed by atoms with Crippen molar-refractivity contribution >= 4 is 32.7 Å². The third kappa shape index (κ3) is 12.4. The van der Waals surface area contributed by atoms with Crippen molar-refractivity contribution in [1.29, 1.82) is 0 Å². The number of cyclic esters (lactones) is 1. The molecule has 9 rings (SSSR count). The van der Waals surface area contributed by atoms with Gasteiger partial charge in [0.1, 0.15) is 91.1 Å². The van der Waals surface area contributed by atoms with Crippen molar-refractivity contribution in [1.82, 2.24) is 0 Å². The second-order valence-corrected chi connectivity index (χ2v) is 28.7. The predicted octanol–water partition coefficient (Wildman–Crippen LogP) is 0.836. The van der Waals surface area contributed by atoms with Crippen LogP contribution in [-0.4, -0.2) is 228 Å². The summed E-state index contributed by atoms with van der Waals surface area (Å²) in [6.45, 7) is 18.9. The Morgan fingerprint density at radius 2 is 1.35 bits per heavy atom. The summed E-state index contributed by atoms with van der Waals surface area (Å²) in [6.07, 6.45) is -26.6. The highest BCUT2D eigenvalue weighted by atomic mass is 32.3. The summed E-state index contributed by atoms with van der Waals surface area (Å²) in [7, 11) is -9.17. The third-order valence-electron chi connectivity index (χ3n) is 20.8. The number of esters is 2. The Balaban J connectivity index is 0.927. The van der Waals surface area contributed by atoms with Gasteiger partial charge >= 0.3 is 32.7 Å². The summed E-state index contributed by atoms with van der Waals surface area (Å²) in [4.78, 5) is 27.5. The van der Waals surface area contributed by atoms with Crippen molar-refractivity contribution in [2.24, 2.45) is 39.4 Å². The Morgan fingerprint density at radius 3 is 1.99 bits per heavy atom. The summed E-state index contributed by atoms with van der Waals surface area (Å²) in [5.41, 5.74) is -1.36. The summed E-state index contributed by atoms with van der Waals surface area (Å²) in [5, 5.41) is 79.8. The van der Waals surface area contributed by atoms with Crippen LogP contribution in [0.1, 0.15) is 120 Å². The summed E-state index contributed by atoms with van der Waals surface area (Å²) >= 11 is 0. The van der Waals surface area contributed by atoms with E-state index in [0.717, 1.165) is 24.0 Å². The standard InChI is InChI=1S/C56H88O28S2/c1-24(2)13-12-18-55(10)46-30(77-27(5)57)21-54(9)29-14-15-33-52(6,7)34(17-19-53(33,8)28(29)16-20-56(46,54)51(65)83-55)79-50-45(37(60)32(22-73-50)84-86(69,70)71)82-47-39(62)38(61)42(26(4)76-47)80-49-41(64)44(36(59)31(78-49)23-74-85(66,67)68)81-48-40(63)43(72-11)35(58)25(3)75-48/h14,25-26,28,30-50,58-64H,1,12-13,15-23H2,2-11H3,(H,66,67,68)(H,69,70,71). The molecular weight excluding hydrogens is 1180 g/mol. The Labute approximate surface area is 500 Å². The number of allylic oxidation sites excluding steroid dienone is 3. The van der Waals surface area contributed by atoms with E-state index in [1.54, 1.807) is 0 Å². The van der Waals surface area contributed by atoms with Crippen LogP contribution in [0.25, 0.3) is 0 Å². The SMILES string of the molecule is C=C(C)CCCC1(C)OC(=O)C23CCC4C(=CCC5C(C)(C)C(OC6OCC(OS(=O)(=O)O)C(O)C6OC6OC(C)C(OC7OC(COS(=O)(=O)O)C(O)C(OC8OC(C)C(O)C(OC)C8O)C7O)C(O)C6O)CCC45C)C2(C)CC(OC(C)=O)C13. The van der Waals surface area contributed by atoms with Crippen molar-refractivity contribution in [2.45, 2.75) is 255 Å². The Hall–Kier alpha value is -2.48. The monoisotopic (exact) mass is 1270 g/mol. The number of aliphatic hydroxyl groups excluding tert-OH is 7. The molecule has 492 valence electrons. The van der Waals surface area contributed by atoms with Gasteiger partial charge in [0.25, 0.3) is 0 Å². The number of fused-ring (bicyclic) bond motifs is 4. The van der Waals surface area contributed by atoms with Gasteiger partial charge in [-0.15, -0.1) is 6.58 Å². The van der Waals surface area contributed by atoms with Crippen LogP contribution in [0.5, 0.6) is 0 Å². The topological polar surface area (TPSA) is 404 Å². The summed E-state index contributed by atoms with van der Waals surface area (Å²) in [5.74, 6) is -1.11. The lowest BCUT2D eigenvalue weighted by molar-refractivity contribution is -0.388. The van der Waals surface area contributed by atoms with Crippen molar-refractivity contribution < 1.29 is 132 Å². The van der Waals surface area contributed by atoms with E-state index in [-0.39, 0.29) is 29.1 Å². The number of hydrogen-bond acceptors (Lipinski definition) is 26. The molecule has 0 aromatic rings. The fraction of sp³-hybridized carbons (Fsp3) is 0.893. The number of carbonyl (C=O) groups is 2. The minimum atomic E-state index is -5.21. The van der Waals surface area contributed by atoms with Gasteiger partial charge in [0.2, 0.25) is 0 Å². The number of aliphatic hydroxyl groups is 7. The lowest BCUT2D eigenvalue weighted by atomic mass is 9.41. The van der Waals surface area contributed by atoms with Crippen LogP contribution in [0.4, 0.5) is 0 Å². The fourth-order valence-corrected chi connectivity index (χ4v) is 17.5.